The molecule has 2 aromatic rings. The molecule has 2 aromatic carbocycles. The molecule has 1 fully saturated rings. The highest BCUT2D eigenvalue weighted by molar-refractivity contribution is 5.85. The van der Waals surface area contributed by atoms with Crippen LogP contribution in [0.1, 0.15) is 73.2 Å². The minimum atomic E-state index is -0.966. The molecule has 56 heavy (non-hydrogen) atoms. The number of amides is 2. The Bertz CT molecular complexity index is 1940. The summed E-state index contributed by atoms with van der Waals surface area (Å²) in [5.74, 6) is 1.69. The first kappa shape index (κ1) is 40.4. The van der Waals surface area contributed by atoms with Crippen molar-refractivity contribution in [2.24, 2.45) is 0 Å². The van der Waals surface area contributed by atoms with Gasteiger partial charge in [0, 0.05) is 48.0 Å². The molecule has 0 radical (unpaired) electrons. The van der Waals surface area contributed by atoms with Gasteiger partial charge in [0.25, 0.3) is 0 Å². The zero-order chi connectivity index (χ0) is 40.6. The van der Waals surface area contributed by atoms with Crippen LogP contribution in [0.4, 0.5) is 9.59 Å². The van der Waals surface area contributed by atoms with Crippen LogP contribution in [0.25, 0.3) is 0 Å². The summed E-state index contributed by atoms with van der Waals surface area (Å²) < 4.78 is 46.3. The third kappa shape index (κ3) is 7.38. The minimum Gasteiger partial charge on any atom is -0.493 e. The average Bonchev–Trinajstić information content (AvgIpc) is 3.63. The molecule has 4 heterocycles. The molecule has 4 aliphatic heterocycles. The fraction of sp³-hybridized carbons (Fsp3) is 0.550. The third-order valence-corrected chi connectivity index (χ3v) is 10.7. The zero-order valence-corrected chi connectivity index (χ0v) is 33.4. The molecule has 6 atom stereocenters. The number of nitrogens with zero attached hydrogens (tertiary/aromatic N) is 3. The number of carbonyl (C=O) groups is 3. The van der Waals surface area contributed by atoms with Gasteiger partial charge in [0.2, 0.25) is 12.7 Å². The summed E-state index contributed by atoms with van der Waals surface area (Å²) >= 11 is 0. The maximum absolute atomic E-state index is 13.7. The molecule has 16 heteroatoms. The van der Waals surface area contributed by atoms with E-state index in [0.29, 0.717) is 46.1 Å². The van der Waals surface area contributed by atoms with E-state index in [0.717, 1.165) is 16.7 Å². The largest absolute Gasteiger partial charge is 0.514 e. The monoisotopic (exact) mass is 777 g/mol. The number of piperazine rings is 1. The predicted octanol–water partition coefficient (Wildman–Crippen LogP) is 4.53. The van der Waals surface area contributed by atoms with Crippen molar-refractivity contribution in [3.05, 3.63) is 52.1 Å². The molecular formula is C40H51N5O11. The molecule has 2 amide bonds. The summed E-state index contributed by atoms with van der Waals surface area (Å²) in [5.41, 5.74) is 3.80. The van der Waals surface area contributed by atoms with Gasteiger partial charge in [-0.3, -0.25) is 14.6 Å². The van der Waals surface area contributed by atoms with Crippen molar-refractivity contribution >= 4 is 18.2 Å². The molecule has 0 aliphatic carbocycles. The number of hydrogen-bond donors (Lipinski definition) is 2. The Balaban J connectivity index is 1.52. The number of aryl methyl sites for hydroxylation is 1. The van der Waals surface area contributed by atoms with Crippen LogP contribution in [-0.4, -0.2) is 106 Å². The molecule has 1 unspecified atom stereocenters. The van der Waals surface area contributed by atoms with Crippen molar-refractivity contribution in [2.75, 3.05) is 48.0 Å². The van der Waals surface area contributed by atoms with E-state index in [1.165, 1.54) is 6.08 Å². The molecule has 0 saturated carbocycles. The number of nitriles is 1. The number of hydrogen-bond acceptors (Lipinski definition) is 14. The number of benzene rings is 2. The Morgan fingerprint density at radius 1 is 1.09 bits per heavy atom. The number of carbonyl (C=O) groups excluding carboxylic acids is 3. The topological polar surface area (TPSA) is 179 Å². The molecule has 2 N–H and O–H groups in total. The van der Waals surface area contributed by atoms with Crippen LogP contribution >= 0.6 is 0 Å². The first-order valence-corrected chi connectivity index (χ1v) is 18.5. The van der Waals surface area contributed by atoms with Gasteiger partial charge in [-0.1, -0.05) is 18.7 Å². The maximum atomic E-state index is 13.7. The Morgan fingerprint density at radius 3 is 2.48 bits per heavy atom. The third-order valence-electron chi connectivity index (χ3n) is 10.7. The lowest BCUT2D eigenvalue weighted by molar-refractivity contribution is -0.123. The molecule has 2 bridgehead atoms. The first-order valence-electron chi connectivity index (χ1n) is 18.5. The summed E-state index contributed by atoms with van der Waals surface area (Å²) in [6.45, 7) is 13.9. The average molecular weight is 778 g/mol. The van der Waals surface area contributed by atoms with Crippen LogP contribution in [0, 0.1) is 25.2 Å². The zero-order valence-electron chi connectivity index (χ0n) is 33.4. The fourth-order valence-corrected chi connectivity index (χ4v) is 8.54. The van der Waals surface area contributed by atoms with E-state index in [9.17, 15) is 19.6 Å². The second-order valence-corrected chi connectivity index (χ2v) is 15.3. The normalized spacial score (nSPS) is 22.6. The number of likely N-dealkylation sites (N-methyl/N-ethyl adjacent to an activating group) is 1. The Labute approximate surface area is 326 Å². The van der Waals surface area contributed by atoms with E-state index < -0.39 is 47.9 Å². The Hall–Kier alpha value is -5.24. The second kappa shape index (κ2) is 16.1. The lowest BCUT2D eigenvalue weighted by Crippen LogP contribution is -2.69. The van der Waals surface area contributed by atoms with Crippen molar-refractivity contribution in [1.82, 2.24) is 20.4 Å². The van der Waals surface area contributed by atoms with Crippen LogP contribution in [-0.2, 0) is 31.8 Å². The predicted molar refractivity (Wildman–Crippen MR) is 201 cm³/mol. The van der Waals surface area contributed by atoms with E-state index in [4.69, 9.17) is 37.9 Å². The van der Waals surface area contributed by atoms with Crippen LogP contribution in [0.15, 0.2) is 18.7 Å². The van der Waals surface area contributed by atoms with Crippen LogP contribution in [0.3, 0.4) is 0 Å². The highest BCUT2D eigenvalue weighted by Crippen LogP contribution is 2.58. The molecule has 6 rings (SSSR count). The van der Waals surface area contributed by atoms with Crippen LogP contribution in [0.2, 0.25) is 0 Å². The van der Waals surface area contributed by atoms with Gasteiger partial charge in [0.15, 0.2) is 29.8 Å². The van der Waals surface area contributed by atoms with Crippen molar-refractivity contribution in [1.29, 1.82) is 5.26 Å². The van der Waals surface area contributed by atoms with Crippen LogP contribution < -0.4 is 34.3 Å². The number of fused-ring (bicyclic) bond motifs is 9. The maximum Gasteiger partial charge on any atom is 0.514 e. The SMILES string of the molecule is C=CCOC(=O)Oc1c(C)c2c(c3c1CC1[C@H]4c5c(cc(C)c(OC)c5OCOC)C[C@H]([C@H](C#N)N1[C@H]3CNC(=O)[C@H](C)NC(=O)OC(C)(C)C)N4C)OCO2. The number of rotatable bonds is 11. The second-order valence-electron chi connectivity index (χ2n) is 15.3. The molecule has 16 nitrogen and oxygen atoms in total. The molecule has 1 saturated heterocycles. The Morgan fingerprint density at radius 2 is 1.82 bits per heavy atom. The molecule has 4 aliphatic rings. The number of methoxy groups -OCH3 is 2. The summed E-state index contributed by atoms with van der Waals surface area (Å²) in [4.78, 5) is 43.7. The van der Waals surface area contributed by atoms with Crippen LogP contribution in [0.5, 0.6) is 28.7 Å². The summed E-state index contributed by atoms with van der Waals surface area (Å²) in [5, 5.41) is 16.7. The number of alkyl carbamates (subject to hydrolysis) is 1. The summed E-state index contributed by atoms with van der Waals surface area (Å²) in [7, 11) is 5.14. The van der Waals surface area contributed by atoms with Gasteiger partial charge in [-0.2, -0.15) is 5.26 Å². The lowest BCUT2D eigenvalue weighted by Gasteiger charge is -2.60. The Kier molecular flexibility index (Phi) is 11.6. The van der Waals surface area contributed by atoms with Crippen molar-refractivity contribution in [2.45, 2.75) is 96.2 Å². The van der Waals surface area contributed by atoms with Crippen molar-refractivity contribution in [3.63, 3.8) is 0 Å². The first-order chi connectivity index (χ1) is 26.6. The van der Waals surface area contributed by atoms with E-state index in [2.05, 4.69) is 39.1 Å². The fourth-order valence-electron chi connectivity index (χ4n) is 8.54. The highest BCUT2D eigenvalue weighted by Gasteiger charge is 2.57. The molecule has 302 valence electrons. The van der Waals surface area contributed by atoms with Gasteiger partial charge >= 0.3 is 12.2 Å². The highest BCUT2D eigenvalue weighted by atomic mass is 16.7. The van der Waals surface area contributed by atoms with E-state index in [1.807, 2.05) is 14.0 Å². The molecule has 0 aromatic heterocycles. The van der Waals surface area contributed by atoms with Crippen molar-refractivity contribution in [3.8, 4) is 34.8 Å². The van der Waals surface area contributed by atoms with Gasteiger partial charge in [0.05, 0.1) is 25.3 Å². The van der Waals surface area contributed by atoms with E-state index in [1.54, 1.807) is 48.8 Å². The minimum absolute atomic E-state index is 0.0136. The summed E-state index contributed by atoms with van der Waals surface area (Å²) in [6.07, 6.45) is 0.582. The smallest absolute Gasteiger partial charge is 0.493 e. The van der Waals surface area contributed by atoms with Gasteiger partial charge in [-0.15, -0.1) is 0 Å². The van der Waals surface area contributed by atoms with Gasteiger partial charge < -0.3 is 48.5 Å². The summed E-state index contributed by atoms with van der Waals surface area (Å²) in [6, 6.07) is 1.26. The molecule has 0 spiro atoms. The van der Waals surface area contributed by atoms with E-state index >= 15 is 0 Å². The van der Waals surface area contributed by atoms with Gasteiger partial charge in [-0.25, -0.2) is 9.59 Å². The number of ether oxygens (including phenoxy) is 8. The quantitative estimate of drug-likeness (QED) is 0.141. The number of nitrogens with one attached hydrogen (secondary N) is 2. The van der Waals surface area contributed by atoms with E-state index in [-0.39, 0.29) is 51.0 Å². The standard InChI is InChI=1S/C40H51N5O11/c1-11-12-51-39(48)55-33-21(3)34-36(54-19-53-34)30-24(33)15-26-31-29-23(13-20(2)32(50-10)35(29)52-18-49-9)14-25(44(31)8)27(16-41)45(26)28(30)17-42-37(46)22(4)43-38(47)56-40(5,6)7/h11,13,22,25-28,31H,1,12,14-15,17-19H2,2-10H3,(H,42,46)(H,43,47)/t22-,25+,26?,27-,28-,31-/m0/s1. The lowest BCUT2D eigenvalue weighted by atomic mass is 9.71. The van der Waals surface area contributed by atoms with Gasteiger partial charge in [0.1, 0.15) is 30.0 Å². The van der Waals surface area contributed by atoms with Gasteiger partial charge in [-0.05, 0) is 72.6 Å². The molecular weight excluding hydrogens is 726 g/mol. The van der Waals surface area contributed by atoms with Crippen molar-refractivity contribution < 1.29 is 52.3 Å².